The number of para-hydroxylation sites is 1. The summed E-state index contributed by atoms with van der Waals surface area (Å²) in [6, 6.07) is 15.3. The number of rotatable bonds is 11. The Morgan fingerprint density at radius 2 is 1.93 bits per heavy atom. The fourth-order valence-electron chi connectivity index (χ4n) is 4.54. The second kappa shape index (κ2) is 13.8. The summed E-state index contributed by atoms with van der Waals surface area (Å²) in [5.41, 5.74) is 9.05. The lowest BCUT2D eigenvalue weighted by Crippen LogP contribution is -2.32. The van der Waals surface area contributed by atoms with Crippen molar-refractivity contribution in [2.75, 3.05) is 34.5 Å². The Labute approximate surface area is 242 Å². The van der Waals surface area contributed by atoms with Crippen molar-refractivity contribution < 1.29 is 28.6 Å². The maximum Gasteiger partial charge on any atom is 0.364 e. The molecule has 3 aromatic rings. The van der Waals surface area contributed by atoms with Crippen LogP contribution in [0, 0.1) is 0 Å². The Morgan fingerprint density at radius 1 is 1.10 bits per heavy atom. The van der Waals surface area contributed by atoms with Crippen LogP contribution in [0.5, 0.6) is 11.5 Å². The van der Waals surface area contributed by atoms with Crippen LogP contribution < -0.4 is 15.2 Å². The maximum absolute atomic E-state index is 12.0. The largest absolute Gasteiger partial charge is 0.493 e. The maximum atomic E-state index is 12.0. The number of fused-ring (bicyclic) bond motifs is 3. The SMILES string of the molecule is CCOC(=O)C(=N/OC)/C(N)=N/N=NCCC1O[C@H](c2cccc(OC)c2OC)c2cc(Cl)ccc2-n2cccc21. The first kappa shape index (κ1) is 29.6. The summed E-state index contributed by atoms with van der Waals surface area (Å²) in [4.78, 5) is 16.7. The lowest BCUT2D eigenvalue weighted by atomic mass is 9.98. The molecule has 1 aromatic heterocycles. The van der Waals surface area contributed by atoms with Crippen LogP contribution in [0.25, 0.3) is 5.69 Å². The zero-order chi connectivity index (χ0) is 29.4. The second-order valence-electron chi connectivity index (χ2n) is 8.67. The zero-order valence-electron chi connectivity index (χ0n) is 23.1. The molecule has 1 aliphatic heterocycles. The van der Waals surface area contributed by atoms with Crippen molar-refractivity contribution >= 4 is 29.1 Å². The summed E-state index contributed by atoms with van der Waals surface area (Å²) in [6.45, 7) is 2.03. The third-order valence-corrected chi connectivity index (χ3v) is 6.49. The van der Waals surface area contributed by atoms with Gasteiger partial charge in [0.25, 0.3) is 0 Å². The van der Waals surface area contributed by atoms with Gasteiger partial charge in [-0.3, -0.25) is 0 Å². The number of aromatic nitrogens is 1. The van der Waals surface area contributed by atoms with Gasteiger partial charge in [0.15, 0.2) is 17.3 Å². The molecule has 0 bridgehead atoms. The average molecular weight is 583 g/mol. The summed E-state index contributed by atoms with van der Waals surface area (Å²) >= 11 is 6.46. The summed E-state index contributed by atoms with van der Waals surface area (Å²) in [7, 11) is 4.46. The molecule has 216 valence electrons. The van der Waals surface area contributed by atoms with E-state index in [2.05, 4.69) is 30.0 Å². The van der Waals surface area contributed by atoms with Crippen LogP contribution in [0.3, 0.4) is 0 Å². The highest BCUT2D eigenvalue weighted by Crippen LogP contribution is 2.46. The number of halogens is 1. The molecule has 41 heavy (non-hydrogen) atoms. The smallest absolute Gasteiger partial charge is 0.364 e. The van der Waals surface area contributed by atoms with Crippen LogP contribution in [0.2, 0.25) is 5.02 Å². The minimum atomic E-state index is -0.780. The van der Waals surface area contributed by atoms with Crippen molar-refractivity contribution in [3.63, 3.8) is 0 Å². The van der Waals surface area contributed by atoms with Crippen LogP contribution in [-0.4, -0.2) is 56.6 Å². The van der Waals surface area contributed by atoms with Gasteiger partial charge in [-0.1, -0.05) is 28.9 Å². The van der Waals surface area contributed by atoms with Crippen molar-refractivity contribution in [1.82, 2.24) is 4.57 Å². The molecule has 1 unspecified atom stereocenters. The number of carbonyl (C=O) groups excluding carboxylic acids is 1. The Hall–Kier alpha value is -4.42. The summed E-state index contributed by atoms with van der Waals surface area (Å²) in [6.07, 6.45) is 1.48. The minimum absolute atomic E-state index is 0.137. The number of methoxy groups -OCH3 is 2. The predicted molar refractivity (Wildman–Crippen MR) is 153 cm³/mol. The molecule has 0 aliphatic carbocycles. The number of amidine groups is 1. The number of benzene rings is 2. The molecule has 0 fully saturated rings. The first-order valence-electron chi connectivity index (χ1n) is 12.7. The molecule has 13 heteroatoms. The third kappa shape index (κ3) is 6.50. The van der Waals surface area contributed by atoms with Crippen LogP contribution in [0.4, 0.5) is 0 Å². The van der Waals surface area contributed by atoms with Gasteiger partial charge in [0.2, 0.25) is 5.71 Å². The van der Waals surface area contributed by atoms with Crippen LogP contribution in [0.15, 0.2) is 75.3 Å². The third-order valence-electron chi connectivity index (χ3n) is 6.26. The molecule has 0 radical (unpaired) electrons. The van der Waals surface area contributed by atoms with E-state index in [1.807, 2.05) is 54.7 Å². The number of carbonyl (C=O) groups is 1. The molecule has 4 rings (SSSR count). The summed E-state index contributed by atoms with van der Waals surface area (Å²) < 4.78 is 25.1. The van der Waals surface area contributed by atoms with Gasteiger partial charge >= 0.3 is 5.97 Å². The molecule has 1 aliphatic rings. The van der Waals surface area contributed by atoms with Crippen LogP contribution in [-0.2, 0) is 19.1 Å². The van der Waals surface area contributed by atoms with E-state index >= 15 is 0 Å². The standard InChI is InChI=1S/C28H31ClN6O6/c1-5-40-28(36)24(33-39-4)27(30)32-34-31-14-13-22-21-9-7-15-35(21)20-12-11-17(29)16-19(20)25(41-22)18-8-6-10-23(37-2)26(18)38-3/h6-12,15-16,22,25H,5,13-14H2,1-4H3,(H2,30,31,32)/b33-24+/t22?,25-/m1/s1. The van der Waals surface area contributed by atoms with E-state index in [0.29, 0.717) is 22.9 Å². The fourth-order valence-corrected chi connectivity index (χ4v) is 4.72. The van der Waals surface area contributed by atoms with E-state index < -0.39 is 18.2 Å². The molecule has 2 N–H and O–H groups in total. The van der Waals surface area contributed by atoms with Gasteiger partial charge in [0.1, 0.15) is 19.3 Å². The minimum Gasteiger partial charge on any atom is -0.493 e. The van der Waals surface area contributed by atoms with Gasteiger partial charge in [-0.15, -0.1) is 5.10 Å². The zero-order valence-corrected chi connectivity index (χ0v) is 23.9. The van der Waals surface area contributed by atoms with Gasteiger partial charge in [-0.25, -0.2) is 4.79 Å². The lowest BCUT2D eigenvalue weighted by Gasteiger charge is -2.25. The van der Waals surface area contributed by atoms with E-state index in [1.165, 1.54) is 7.11 Å². The summed E-state index contributed by atoms with van der Waals surface area (Å²) in [5.74, 6) is 0.0835. The number of nitrogens with two attached hydrogens (primary N) is 1. The van der Waals surface area contributed by atoms with Gasteiger partial charge in [0, 0.05) is 28.8 Å². The van der Waals surface area contributed by atoms with E-state index in [1.54, 1.807) is 21.1 Å². The highest BCUT2D eigenvalue weighted by atomic mass is 35.5. The monoisotopic (exact) mass is 582 g/mol. The van der Waals surface area contributed by atoms with Crippen LogP contribution >= 0.6 is 11.6 Å². The topological polar surface area (TPSA) is 144 Å². The van der Waals surface area contributed by atoms with E-state index in [0.717, 1.165) is 22.5 Å². The fraction of sp³-hybridized carbons (Fsp3) is 0.321. The van der Waals surface area contributed by atoms with Crippen molar-refractivity contribution in [1.29, 1.82) is 0 Å². The van der Waals surface area contributed by atoms with Crippen molar-refractivity contribution in [3.05, 3.63) is 76.6 Å². The quantitative estimate of drug-likeness (QED) is 0.110. The molecule has 12 nitrogen and oxygen atoms in total. The van der Waals surface area contributed by atoms with E-state index in [-0.39, 0.29) is 24.7 Å². The number of hydrogen-bond acceptors (Lipinski definition) is 9. The second-order valence-corrected chi connectivity index (χ2v) is 9.10. The normalized spacial score (nSPS) is 17.0. The predicted octanol–water partition coefficient (Wildman–Crippen LogP) is 4.99. The lowest BCUT2D eigenvalue weighted by molar-refractivity contribution is -0.135. The van der Waals surface area contributed by atoms with Gasteiger partial charge < -0.3 is 34.1 Å². The molecular formula is C28H31ClN6O6. The average Bonchev–Trinajstić information content (AvgIpc) is 3.42. The number of nitrogens with zero attached hydrogens (tertiary/aromatic N) is 5. The Morgan fingerprint density at radius 3 is 2.66 bits per heavy atom. The van der Waals surface area contributed by atoms with Crippen molar-refractivity contribution in [2.24, 2.45) is 26.3 Å². The number of hydrogen-bond donors (Lipinski definition) is 1. The van der Waals surface area contributed by atoms with Gasteiger partial charge in [-0.05, 0) is 48.5 Å². The molecule has 2 aromatic carbocycles. The van der Waals surface area contributed by atoms with Gasteiger partial charge in [-0.2, -0.15) is 5.11 Å². The Kier molecular flexibility index (Phi) is 9.93. The number of esters is 1. The summed E-state index contributed by atoms with van der Waals surface area (Å²) in [5, 5.41) is 15.8. The molecule has 0 spiro atoms. The van der Waals surface area contributed by atoms with Gasteiger partial charge in [0.05, 0.1) is 38.8 Å². The van der Waals surface area contributed by atoms with Crippen LogP contribution in [0.1, 0.15) is 42.4 Å². The van der Waals surface area contributed by atoms with E-state index in [9.17, 15) is 4.79 Å². The molecule has 2 heterocycles. The highest BCUT2D eigenvalue weighted by molar-refractivity contribution is 6.64. The Bertz CT molecular complexity index is 1470. The molecule has 2 atom stereocenters. The van der Waals surface area contributed by atoms with Crippen molar-refractivity contribution in [2.45, 2.75) is 25.6 Å². The van der Waals surface area contributed by atoms with Crippen molar-refractivity contribution in [3.8, 4) is 17.2 Å². The molecule has 0 saturated heterocycles. The molecular weight excluding hydrogens is 552 g/mol. The number of oxime groups is 1. The highest BCUT2D eigenvalue weighted by Gasteiger charge is 2.32. The van der Waals surface area contributed by atoms with E-state index in [4.69, 9.17) is 36.3 Å². The first-order chi connectivity index (χ1) is 19.9. The number of ether oxygens (including phenoxy) is 4. The molecule has 0 saturated carbocycles. The Balaban J connectivity index is 1.63. The molecule has 0 amide bonds. The first-order valence-corrected chi connectivity index (χ1v) is 13.1.